The molecule has 2 amide bonds. The monoisotopic (exact) mass is 413 g/mol. The number of nitrogens with one attached hydrogen (secondary N) is 2. The summed E-state index contributed by atoms with van der Waals surface area (Å²) in [5.41, 5.74) is 2.64. The first-order valence-electron chi connectivity index (χ1n) is 10.5. The highest BCUT2D eigenvalue weighted by atomic mass is 19.1. The van der Waals surface area contributed by atoms with Crippen LogP contribution >= 0.6 is 0 Å². The molecular weight excluding hydrogens is 381 g/mol. The van der Waals surface area contributed by atoms with Crippen LogP contribution in [-0.4, -0.2) is 25.9 Å². The molecule has 2 N–H and O–H groups in total. The lowest BCUT2D eigenvalue weighted by molar-refractivity contribution is -0.120. The molecule has 0 saturated carbocycles. The molecule has 30 heavy (non-hydrogen) atoms. The standard InChI is InChI=1S/C24H32FN3O2/c1-5-7-8-18(6-2)23(29)27-20-13-14-22(28(3)4)21(15-20)24(30)26-16-17-9-11-19(25)12-10-17/h9-15,18H,5-8,16H2,1-4H3,(H,26,30)(H,27,29)/t18-/m0/s1. The second kappa shape index (κ2) is 11.3. The predicted octanol–water partition coefficient (Wildman–Crippen LogP) is 4.98. The van der Waals surface area contributed by atoms with Crippen LogP contribution in [0.15, 0.2) is 42.5 Å². The van der Waals surface area contributed by atoms with Gasteiger partial charge in [0.2, 0.25) is 5.91 Å². The van der Waals surface area contributed by atoms with E-state index in [0.717, 1.165) is 36.9 Å². The zero-order chi connectivity index (χ0) is 22.1. The number of nitrogens with zero attached hydrogens (tertiary/aromatic N) is 1. The third-order valence-corrected chi connectivity index (χ3v) is 5.13. The van der Waals surface area contributed by atoms with Crippen LogP contribution in [0.1, 0.15) is 55.5 Å². The molecule has 2 aromatic carbocycles. The van der Waals surface area contributed by atoms with Gasteiger partial charge in [-0.15, -0.1) is 0 Å². The summed E-state index contributed by atoms with van der Waals surface area (Å²) in [6.45, 7) is 4.42. The lowest BCUT2D eigenvalue weighted by Crippen LogP contribution is -2.26. The number of anilines is 2. The minimum absolute atomic E-state index is 0.0128. The summed E-state index contributed by atoms with van der Waals surface area (Å²) in [5, 5.41) is 5.84. The van der Waals surface area contributed by atoms with Crippen molar-refractivity contribution in [3.63, 3.8) is 0 Å². The minimum atomic E-state index is -0.312. The van der Waals surface area contributed by atoms with E-state index in [-0.39, 0.29) is 30.1 Å². The molecule has 0 aliphatic rings. The molecule has 0 aliphatic carbocycles. The number of benzene rings is 2. The molecule has 2 rings (SSSR count). The van der Waals surface area contributed by atoms with Gasteiger partial charge >= 0.3 is 0 Å². The van der Waals surface area contributed by atoms with Crippen molar-refractivity contribution in [1.29, 1.82) is 0 Å². The van der Waals surface area contributed by atoms with Crippen molar-refractivity contribution in [1.82, 2.24) is 5.32 Å². The fraction of sp³-hybridized carbons (Fsp3) is 0.417. The largest absolute Gasteiger partial charge is 0.377 e. The lowest BCUT2D eigenvalue weighted by atomic mass is 9.98. The highest BCUT2D eigenvalue weighted by Crippen LogP contribution is 2.24. The van der Waals surface area contributed by atoms with E-state index in [0.29, 0.717) is 11.3 Å². The molecule has 0 radical (unpaired) electrons. The van der Waals surface area contributed by atoms with Crippen LogP contribution in [0.2, 0.25) is 0 Å². The van der Waals surface area contributed by atoms with Gasteiger partial charge in [-0.1, -0.05) is 38.8 Å². The summed E-state index contributed by atoms with van der Waals surface area (Å²) in [6, 6.07) is 11.4. The average molecular weight is 414 g/mol. The highest BCUT2D eigenvalue weighted by molar-refractivity contribution is 6.02. The fourth-order valence-electron chi connectivity index (χ4n) is 3.28. The first-order chi connectivity index (χ1) is 14.3. The number of rotatable bonds is 10. The second-order valence-corrected chi connectivity index (χ2v) is 7.67. The van der Waals surface area contributed by atoms with Crippen LogP contribution in [0.3, 0.4) is 0 Å². The maximum Gasteiger partial charge on any atom is 0.253 e. The van der Waals surface area contributed by atoms with E-state index in [4.69, 9.17) is 0 Å². The number of amides is 2. The number of carbonyl (C=O) groups is 2. The highest BCUT2D eigenvalue weighted by Gasteiger charge is 2.18. The summed E-state index contributed by atoms with van der Waals surface area (Å²) >= 11 is 0. The van der Waals surface area contributed by atoms with Crippen LogP contribution in [-0.2, 0) is 11.3 Å². The summed E-state index contributed by atoms with van der Waals surface area (Å²) in [6.07, 6.45) is 3.72. The number of hydrogen-bond acceptors (Lipinski definition) is 3. The SMILES string of the molecule is CCCC[C@H](CC)C(=O)Nc1ccc(N(C)C)c(C(=O)NCc2ccc(F)cc2)c1. The molecule has 0 aromatic heterocycles. The van der Waals surface area contributed by atoms with Crippen molar-refractivity contribution in [2.45, 2.75) is 46.1 Å². The molecule has 5 nitrogen and oxygen atoms in total. The van der Waals surface area contributed by atoms with E-state index >= 15 is 0 Å². The quantitative estimate of drug-likeness (QED) is 0.578. The van der Waals surface area contributed by atoms with Gasteiger partial charge in [0.1, 0.15) is 5.82 Å². The molecule has 1 atom stereocenters. The Morgan fingerprint density at radius 1 is 1.07 bits per heavy atom. The van der Waals surface area contributed by atoms with Crippen LogP contribution in [0.25, 0.3) is 0 Å². The van der Waals surface area contributed by atoms with Crippen molar-refractivity contribution < 1.29 is 14.0 Å². The van der Waals surface area contributed by atoms with E-state index in [1.165, 1.54) is 12.1 Å². The van der Waals surface area contributed by atoms with Crippen molar-refractivity contribution in [3.05, 3.63) is 59.4 Å². The van der Waals surface area contributed by atoms with Crippen LogP contribution in [0, 0.1) is 11.7 Å². The molecule has 2 aromatic rings. The fourth-order valence-corrected chi connectivity index (χ4v) is 3.28. The van der Waals surface area contributed by atoms with Crippen LogP contribution in [0.4, 0.5) is 15.8 Å². The van der Waals surface area contributed by atoms with E-state index in [9.17, 15) is 14.0 Å². The van der Waals surface area contributed by atoms with Gasteiger partial charge in [-0.25, -0.2) is 4.39 Å². The zero-order valence-electron chi connectivity index (χ0n) is 18.3. The molecule has 0 spiro atoms. The van der Waals surface area contributed by atoms with Gasteiger partial charge in [-0.05, 0) is 48.7 Å². The average Bonchev–Trinajstić information content (AvgIpc) is 2.73. The van der Waals surface area contributed by atoms with E-state index in [2.05, 4.69) is 17.6 Å². The number of unbranched alkanes of at least 4 members (excludes halogenated alkanes) is 1. The third kappa shape index (κ3) is 6.58. The molecule has 0 unspecified atom stereocenters. The first kappa shape index (κ1) is 23.4. The van der Waals surface area contributed by atoms with Crippen molar-refractivity contribution in [2.24, 2.45) is 5.92 Å². The molecular formula is C24H32FN3O2. The second-order valence-electron chi connectivity index (χ2n) is 7.67. The molecule has 0 bridgehead atoms. The Bertz CT molecular complexity index is 850. The number of hydrogen-bond donors (Lipinski definition) is 2. The molecule has 162 valence electrons. The smallest absolute Gasteiger partial charge is 0.253 e. The van der Waals surface area contributed by atoms with Gasteiger partial charge in [-0.2, -0.15) is 0 Å². The maximum atomic E-state index is 13.1. The van der Waals surface area contributed by atoms with Crippen molar-refractivity contribution >= 4 is 23.2 Å². The Morgan fingerprint density at radius 2 is 1.77 bits per heavy atom. The molecule has 0 heterocycles. The summed E-state index contributed by atoms with van der Waals surface area (Å²) < 4.78 is 13.1. The van der Waals surface area contributed by atoms with Gasteiger partial charge in [0.15, 0.2) is 0 Å². The van der Waals surface area contributed by atoms with Crippen molar-refractivity contribution in [2.75, 3.05) is 24.3 Å². The summed E-state index contributed by atoms with van der Waals surface area (Å²) in [7, 11) is 3.73. The van der Waals surface area contributed by atoms with Gasteiger partial charge in [0.05, 0.1) is 5.56 Å². The van der Waals surface area contributed by atoms with E-state index in [1.54, 1.807) is 18.2 Å². The Hall–Kier alpha value is -2.89. The van der Waals surface area contributed by atoms with Gasteiger partial charge in [0, 0.05) is 37.9 Å². The van der Waals surface area contributed by atoms with Gasteiger partial charge < -0.3 is 15.5 Å². The third-order valence-electron chi connectivity index (χ3n) is 5.13. The Morgan fingerprint density at radius 3 is 2.37 bits per heavy atom. The van der Waals surface area contributed by atoms with Crippen LogP contribution in [0.5, 0.6) is 0 Å². The van der Waals surface area contributed by atoms with Crippen LogP contribution < -0.4 is 15.5 Å². The topological polar surface area (TPSA) is 61.4 Å². The Labute approximate surface area is 178 Å². The molecule has 0 aliphatic heterocycles. The molecule has 6 heteroatoms. The molecule has 0 fully saturated rings. The number of halogens is 1. The van der Waals surface area contributed by atoms with E-state index in [1.807, 2.05) is 38.1 Å². The Kier molecular flexibility index (Phi) is 8.84. The van der Waals surface area contributed by atoms with Gasteiger partial charge in [-0.3, -0.25) is 9.59 Å². The summed E-state index contributed by atoms with van der Waals surface area (Å²) in [5.74, 6) is -0.611. The number of carbonyl (C=O) groups excluding carboxylic acids is 2. The molecule has 0 saturated heterocycles. The first-order valence-corrected chi connectivity index (χ1v) is 10.5. The zero-order valence-corrected chi connectivity index (χ0v) is 18.3. The Balaban J connectivity index is 2.15. The minimum Gasteiger partial charge on any atom is -0.377 e. The summed E-state index contributed by atoms with van der Waals surface area (Å²) in [4.78, 5) is 27.3. The maximum absolute atomic E-state index is 13.1. The predicted molar refractivity (Wildman–Crippen MR) is 120 cm³/mol. The normalized spacial score (nSPS) is 11.6. The van der Waals surface area contributed by atoms with Crippen molar-refractivity contribution in [3.8, 4) is 0 Å². The van der Waals surface area contributed by atoms with E-state index < -0.39 is 0 Å². The lowest BCUT2D eigenvalue weighted by Gasteiger charge is -2.20. The van der Waals surface area contributed by atoms with Gasteiger partial charge in [0.25, 0.3) is 5.91 Å².